The normalized spacial score (nSPS) is 29.2. The molecule has 0 spiro atoms. The van der Waals surface area contributed by atoms with E-state index in [4.69, 9.17) is 4.74 Å². The summed E-state index contributed by atoms with van der Waals surface area (Å²) in [5, 5.41) is 17.6. The van der Waals surface area contributed by atoms with Crippen molar-refractivity contribution in [2.24, 2.45) is 35.5 Å². The Balaban J connectivity index is 0.00000484. The van der Waals surface area contributed by atoms with E-state index in [9.17, 15) is 37.3 Å². The van der Waals surface area contributed by atoms with Gasteiger partial charge in [0.1, 0.15) is 16.2 Å². The number of amides is 4. The van der Waals surface area contributed by atoms with Crippen molar-refractivity contribution in [1.82, 2.24) is 20.9 Å². The molecule has 5 unspecified atom stereocenters. The molecule has 13 nitrogen and oxygen atoms in total. The molecule has 15 heteroatoms. The number of hydrogen-bond acceptors (Lipinski definition) is 9. The Morgan fingerprint density at radius 1 is 1.17 bits per heavy atom. The van der Waals surface area contributed by atoms with E-state index < -0.39 is 45.6 Å². The van der Waals surface area contributed by atoms with Crippen LogP contribution in [0.25, 0.3) is 0 Å². The van der Waals surface area contributed by atoms with Crippen molar-refractivity contribution in [3.8, 4) is 0 Å². The molecule has 0 aromatic rings. The number of ether oxygens (including phenoxy) is 1. The molecule has 2 bridgehead atoms. The fraction of sp³-hybridized carbons (Fsp3) is 0.852. The minimum Gasteiger partial charge on any atom is -0.746 e. The first kappa shape index (κ1) is 35.0. The van der Waals surface area contributed by atoms with Gasteiger partial charge in [-0.25, -0.2) is 13.2 Å². The first-order valence-corrected chi connectivity index (χ1v) is 16.2. The summed E-state index contributed by atoms with van der Waals surface area (Å²) in [5.41, 5.74) is -2.46. The molecule has 2 aliphatic heterocycles. The molecule has 0 aromatic carbocycles. The smallest absolute Gasteiger partial charge is 0.746 e. The molecule has 4 fully saturated rings. The van der Waals surface area contributed by atoms with Gasteiger partial charge < -0.3 is 35.2 Å². The van der Waals surface area contributed by atoms with Gasteiger partial charge in [0, 0.05) is 37.9 Å². The number of aliphatic hydroxyl groups excluding tert-OH is 1. The Morgan fingerprint density at radius 3 is 2.48 bits per heavy atom. The largest absolute Gasteiger partial charge is 1.00 e. The molecule has 42 heavy (non-hydrogen) atoms. The summed E-state index contributed by atoms with van der Waals surface area (Å²) in [5.74, 6) is 0.0548. The summed E-state index contributed by atoms with van der Waals surface area (Å²) in [6.45, 7) is 5.29. The number of nitrogens with one attached hydrogen (secondary N) is 3. The van der Waals surface area contributed by atoms with Crippen LogP contribution >= 0.6 is 0 Å². The topological polar surface area (TPSA) is 194 Å². The maximum atomic E-state index is 13.1. The van der Waals surface area contributed by atoms with Crippen molar-refractivity contribution in [1.29, 1.82) is 0 Å². The molecular formula is C27H43N4NaO9S. The number of likely N-dealkylation sites (tertiary alicyclic amines) is 1. The van der Waals surface area contributed by atoms with E-state index in [0.717, 1.165) is 12.5 Å². The van der Waals surface area contributed by atoms with Gasteiger partial charge in [-0.05, 0) is 62.2 Å². The second-order valence-electron chi connectivity index (χ2n) is 12.7. The van der Waals surface area contributed by atoms with Gasteiger partial charge >= 0.3 is 35.7 Å². The third-order valence-electron chi connectivity index (χ3n) is 9.07. The molecule has 0 aromatic heterocycles. The zero-order valence-electron chi connectivity index (χ0n) is 24.8. The van der Waals surface area contributed by atoms with E-state index >= 15 is 0 Å². The van der Waals surface area contributed by atoms with Gasteiger partial charge in [0.15, 0.2) is 5.44 Å². The minimum absolute atomic E-state index is 0. The Hall–Kier alpha value is -1.45. The van der Waals surface area contributed by atoms with Crippen molar-refractivity contribution >= 4 is 33.9 Å². The fourth-order valence-electron chi connectivity index (χ4n) is 7.01. The third-order valence-corrected chi connectivity index (χ3v) is 9.99. The molecule has 4 N–H and O–H groups in total. The van der Waals surface area contributed by atoms with Crippen LogP contribution in [0.15, 0.2) is 0 Å². The Bertz CT molecular complexity index is 1110. The van der Waals surface area contributed by atoms with Crippen LogP contribution in [-0.4, -0.2) is 90.6 Å². The average Bonchev–Trinajstić information content (AvgIpc) is 3.67. The van der Waals surface area contributed by atoms with E-state index in [1.165, 1.54) is 25.7 Å². The number of rotatable bonds is 13. The Kier molecular flexibility index (Phi) is 12.5. The zero-order valence-corrected chi connectivity index (χ0v) is 27.6. The van der Waals surface area contributed by atoms with Crippen LogP contribution < -0.4 is 45.5 Å². The molecule has 4 rings (SSSR count). The van der Waals surface area contributed by atoms with Crippen LogP contribution in [0.1, 0.15) is 65.2 Å². The molecular weight excluding hydrogens is 579 g/mol. The van der Waals surface area contributed by atoms with Gasteiger partial charge in [-0.1, -0.05) is 20.3 Å². The molecule has 232 valence electrons. The van der Waals surface area contributed by atoms with Crippen LogP contribution in [0, 0.1) is 35.5 Å². The van der Waals surface area contributed by atoms with E-state index in [1.807, 2.05) is 18.7 Å². The summed E-state index contributed by atoms with van der Waals surface area (Å²) >= 11 is 0. The number of nitrogens with zero attached hydrogens (tertiary/aromatic N) is 1. The summed E-state index contributed by atoms with van der Waals surface area (Å²) in [6.07, 6.45) is 4.70. The van der Waals surface area contributed by atoms with Crippen molar-refractivity contribution < 1.29 is 71.5 Å². The van der Waals surface area contributed by atoms with Gasteiger partial charge in [-0.2, -0.15) is 0 Å². The molecule has 2 saturated carbocycles. The molecule has 2 saturated heterocycles. The van der Waals surface area contributed by atoms with Crippen LogP contribution in [0.2, 0.25) is 0 Å². The predicted octanol–water partition coefficient (Wildman–Crippen LogP) is -2.71. The number of fused-ring (bicyclic) bond motifs is 2. The molecule has 4 aliphatic rings. The number of carbonyl (C=O) groups excluding carboxylic acids is 4. The van der Waals surface area contributed by atoms with Gasteiger partial charge in [-0.15, -0.1) is 0 Å². The van der Waals surface area contributed by atoms with E-state index in [-0.39, 0.29) is 72.7 Å². The number of aliphatic hydroxyl groups is 1. The Labute approximate surface area is 269 Å². The first-order valence-electron chi connectivity index (χ1n) is 14.7. The molecule has 2 heterocycles. The van der Waals surface area contributed by atoms with Gasteiger partial charge in [-0.3, -0.25) is 14.4 Å². The third kappa shape index (κ3) is 9.28. The van der Waals surface area contributed by atoms with Crippen LogP contribution in [0.3, 0.4) is 0 Å². The SMILES string of the molecule is CC(C)C[C@H](NC(=O)OCC1CC(=O)N(CC2CC3CCC2C3)C1)C(=O)N[C@@H](C[C@@H]1CCNC1=O)C(O)S(=O)(=O)[O-].[Na+]. The summed E-state index contributed by atoms with van der Waals surface area (Å²) in [7, 11) is -5.20. The average molecular weight is 623 g/mol. The quantitative estimate of drug-likeness (QED) is 0.125. The van der Waals surface area contributed by atoms with E-state index in [0.29, 0.717) is 37.8 Å². The van der Waals surface area contributed by atoms with Gasteiger partial charge in [0.25, 0.3) is 0 Å². The maximum Gasteiger partial charge on any atom is 1.00 e. The van der Waals surface area contributed by atoms with E-state index in [2.05, 4.69) is 16.0 Å². The van der Waals surface area contributed by atoms with Crippen LogP contribution in [-0.2, 0) is 29.2 Å². The molecule has 8 atom stereocenters. The van der Waals surface area contributed by atoms with Crippen molar-refractivity contribution in [2.75, 3.05) is 26.2 Å². The number of carbonyl (C=O) groups is 4. The number of hydrogen-bond donors (Lipinski definition) is 4. The van der Waals surface area contributed by atoms with Crippen molar-refractivity contribution in [2.45, 2.75) is 82.7 Å². The Morgan fingerprint density at radius 2 is 1.90 bits per heavy atom. The number of alkyl carbamates (subject to hydrolysis) is 1. The standard InChI is InChI=1S/C27H44N4O9S.Na/c1-15(2)7-21(25(34)29-22(26(35)41(37,38)39)11-19-5-6-28-24(19)33)30-27(36)40-14-17-10-23(32)31(12-17)13-20-9-16-3-4-18(20)8-16;/h15-22,26,35H,3-14H2,1-2H3,(H,28,33)(H,29,34)(H,30,36)(H,37,38,39);/q;+1/p-1/t16?,17?,18?,19-,20?,21-,22-,26?;/m0./s1. The summed E-state index contributed by atoms with van der Waals surface area (Å²) in [6, 6.07) is -2.69. The molecule has 0 radical (unpaired) electrons. The monoisotopic (exact) mass is 622 g/mol. The second-order valence-corrected chi connectivity index (χ2v) is 14.2. The zero-order chi connectivity index (χ0) is 29.9. The molecule has 2 aliphatic carbocycles. The van der Waals surface area contributed by atoms with Crippen LogP contribution in [0.5, 0.6) is 0 Å². The molecule has 4 amide bonds. The minimum atomic E-state index is -5.20. The predicted molar refractivity (Wildman–Crippen MR) is 145 cm³/mol. The summed E-state index contributed by atoms with van der Waals surface area (Å²) in [4.78, 5) is 52.3. The van der Waals surface area contributed by atoms with Crippen molar-refractivity contribution in [3.63, 3.8) is 0 Å². The maximum absolute atomic E-state index is 13.1. The van der Waals surface area contributed by atoms with Gasteiger partial charge in [0.2, 0.25) is 17.7 Å². The summed E-state index contributed by atoms with van der Waals surface area (Å²) < 4.78 is 40.0. The second kappa shape index (κ2) is 15.0. The van der Waals surface area contributed by atoms with Gasteiger partial charge in [0.05, 0.1) is 12.6 Å². The van der Waals surface area contributed by atoms with Crippen molar-refractivity contribution in [3.05, 3.63) is 0 Å². The van der Waals surface area contributed by atoms with E-state index in [1.54, 1.807) is 0 Å². The first-order chi connectivity index (χ1) is 19.3. The van der Waals surface area contributed by atoms with Crippen LogP contribution in [0.4, 0.5) is 4.79 Å². The fourth-order valence-corrected chi connectivity index (χ4v) is 7.59.